The van der Waals surface area contributed by atoms with Gasteiger partial charge in [0.05, 0.1) is 12.2 Å². The molecule has 2 rings (SSSR count). The molecule has 1 saturated carbocycles. The maximum atomic E-state index is 10.4. The van der Waals surface area contributed by atoms with Crippen molar-refractivity contribution in [2.45, 2.75) is 96.2 Å². The van der Waals surface area contributed by atoms with E-state index in [-0.39, 0.29) is 6.10 Å². The Morgan fingerprint density at radius 2 is 1.85 bits per heavy atom. The molecule has 0 radical (unpaired) electrons. The summed E-state index contributed by atoms with van der Waals surface area (Å²) in [5, 5.41) is 10.4. The second-order valence-corrected chi connectivity index (χ2v) is 7.06. The number of hydrogen-bond acceptors (Lipinski definition) is 2. The Hall–Kier alpha value is -0.0800. The van der Waals surface area contributed by atoms with Crippen LogP contribution in [0.15, 0.2) is 0 Å². The van der Waals surface area contributed by atoms with Crippen LogP contribution in [-0.2, 0) is 4.74 Å². The minimum atomic E-state index is -0.0523. The number of unbranched alkanes of at least 4 members (excludes halogenated alkanes) is 1. The fraction of sp³-hybridized carbons (Fsp3) is 1.00. The first-order chi connectivity index (χ1) is 9.79. The van der Waals surface area contributed by atoms with Crippen molar-refractivity contribution >= 4 is 0 Å². The van der Waals surface area contributed by atoms with E-state index in [2.05, 4.69) is 6.92 Å². The van der Waals surface area contributed by atoms with Crippen LogP contribution in [0.5, 0.6) is 0 Å². The van der Waals surface area contributed by atoms with Crippen LogP contribution in [-0.4, -0.2) is 23.9 Å². The van der Waals surface area contributed by atoms with Gasteiger partial charge in [-0.05, 0) is 56.8 Å². The molecule has 0 aromatic carbocycles. The molecule has 0 amide bonds. The van der Waals surface area contributed by atoms with Crippen molar-refractivity contribution in [2.24, 2.45) is 11.8 Å². The summed E-state index contributed by atoms with van der Waals surface area (Å²) in [4.78, 5) is 0. The molecule has 0 aromatic heterocycles. The van der Waals surface area contributed by atoms with Crippen LogP contribution < -0.4 is 0 Å². The van der Waals surface area contributed by atoms with Crippen molar-refractivity contribution in [2.75, 3.05) is 6.61 Å². The lowest BCUT2D eigenvalue weighted by molar-refractivity contribution is 0.0553. The van der Waals surface area contributed by atoms with E-state index < -0.39 is 0 Å². The molecule has 1 aliphatic heterocycles. The molecule has 2 atom stereocenters. The molecule has 1 N–H and O–H groups in total. The zero-order valence-electron chi connectivity index (χ0n) is 13.4. The highest BCUT2D eigenvalue weighted by atomic mass is 16.5. The summed E-state index contributed by atoms with van der Waals surface area (Å²) in [6.07, 6.45) is 15.5. The fourth-order valence-electron chi connectivity index (χ4n) is 4.02. The normalized spacial score (nSPS) is 32.4. The van der Waals surface area contributed by atoms with Crippen molar-refractivity contribution in [1.29, 1.82) is 0 Å². The topological polar surface area (TPSA) is 29.5 Å². The SMILES string of the molecule is CCCCC1CCC(C(O)CCCC2CCCO2)CC1. The monoisotopic (exact) mass is 282 g/mol. The quantitative estimate of drug-likeness (QED) is 0.699. The fourth-order valence-corrected chi connectivity index (χ4v) is 4.02. The van der Waals surface area contributed by atoms with Gasteiger partial charge in [-0.1, -0.05) is 39.0 Å². The van der Waals surface area contributed by atoms with Gasteiger partial charge in [0.2, 0.25) is 0 Å². The third-order valence-electron chi connectivity index (χ3n) is 5.45. The van der Waals surface area contributed by atoms with Crippen LogP contribution in [0.25, 0.3) is 0 Å². The van der Waals surface area contributed by atoms with Gasteiger partial charge < -0.3 is 9.84 Å². The lowest BCUT2D eigenvalue weighted by atomic mass is 9.77. The van der Waals surface area contributed by atoms with E-state index in [4.69, 9.17) is 4.74 Å². The van der Waals surface area contributed by atoms with Gasteiger partial charge in [-0.3, -0.25) is 0 Å². The highest BCUT2D eigenvalue weighted by Gasteiger charge is 2.26. The maximum absolute atomic E-state index is 10.4. The minimum absolute atomic E-state index is 0.0523. The van der Waals surface area contributed by atoms with E-state index in [1.54, 1.807) is 0 Å². The van der Waals surface area contributed by atoms with Crippen LogP contribution in [0.4, 0.5) is 0 Å². The van der Waals surface area contributed by atoms with Crippen LogP contribution in [0.2, 0.25) is 0 Å². The number of hydrogen-bond donors (Lipinski definition) is 1. The van der Waals surface area contributed by atoms with Crippen molar-refractivity contribution in [3.8, 4) is 0 Å². The molecule has 2 aliphatic rings. The molecule has 118 valence electrons. The smallest absolute Gasteiger partial charge is 0.0576 e. The molecule has 2 nitrogen and oxygen atoms in total. The van der Waals surface area contributed by atoms with Gasteiger partial charge >= 0.3 is 0 Å². The Morgan fingerprint density at radius 1 is 1.05 bits per heavy atom. The highest BCUT2D eigenvalue weighted by Crippen LogP contribution is 2.34. The van der Waals surface area contributed by atoms with E-state index in [9.17, 15) is 5.11 Å². The molecule has 0 bridgehead atoms. The zero-order valence-corrected chi connectivity index (χ0v) is 13.4. The third kappa shape index (κ3) is 5.37. The molecular formula is C18H34O2. The average Bonchev–Trinajstić information content (AvgIpc) is 2.99. The third-order valence-corrected chi connectivity index (χ3v) is 5.45. The highest BCUT2D eigenvalue weighted by molar-refractivity contribution is 4.78. The minimum Gasteiger partial charge on any atom is -0.393 e. The van der Waals surface area contributed by atoms with E-state index in [1.807, 2.05) is 0 Å². The summed E-state index contributed by atoms with van der Waals surface area (Å²) in [6, 6.07) is 0. The summed E-state index contributed by atoms with van der Waals surface area (Å²) < 4.78 is 5.65. The standard InChI is InChI=1S/C18H34O2/c1-2-3-6-15-10-12-16(13-11-15)18(19)9-4-7-17-8-5-14-20-17/h15-19H,2-14H2,1H3. The van der Waals surface area contributed by atoms with Crippen molar-refractivity contribution in [3.63, 3.8) is 0 Å². The van der Waals surface area contributed by atoms with Gasteiger partial charge in [0, 0.05) is 6.61 Å². The summed E-state index contributed by atoms with van der Waals surface area (Å²) >= 11 is 0. The number of ether oxygens (including phenoxy) is 1. The number of aliphatic hydroxyl groups excluding tert-OH is 1. The van der Waals surface area contributed by atoms with Crippen LogP contribution in [0.1, 0.15) is 84.0 Å². The Kier molecular flexibility index (Phi) is 7.37. The van der Waals surface area contributed by atoms with Gasteiger partial charge in [0.1, 0.15) is 0 Å². The Morgan fingerprint density at radius 3 is 2.50 bits per heavy atom. The van der Waals surface area contributed by atoms with Gasteiger partial charge in [-0.25, -0.2) is 0 Å². The largest absolute Gasteiger partial charge is 0.393 e. The predicted molar refractivity (Wildman–Crippen MR) is 83.8 cm³/mol. The molecule has 1 saturated heterocycles. The molecule has 1 aliphatic carbocycles. The molecular weight excluding hydrogens is 248 g/mol. The Balaban J connectivity index is 1.55. The molecule has 0 aromatic rings. The first-order valence-corrected chi connectivity index (χ1v) is 9.09. The zero-order chi connectivity index (χ0) is 14.2. The van der Waals surface area contributed by atoms with E-state index in [0.29, 0.717) is 12.0 Å². The van der Waals surface area contributed by atoms with Gasteiger partial charge in [-0.2, -0.15) is 0 Å². The second-order valence-electron chi connectivity index (χ2n) is 7.06. The molecule has 2 fully saturated rings. The van der Waals surface area contributed by atoms with Crippen molar-refractivity contribution in [3.05, 3.63) is 0 Å². The number of aliphatic hydroxyl groups is 1. The van der Waals surface area contributed by atoms with Gasteiger partial charge in [0.25, 0.3) is 0 Å². The van der Waals surface area contributed by atoms with Gasteiger partial charge in [0.15, 0.2) is 0 Å². The average molecular weight is 282 g/mol. The van der Waals surface area contributed by atoms with E-state index in [1.165, 1.54) is 57.8 Å². The first-order valence-electron chi connectivity index (χ1n) is 9.09. The molecule has 20 heavy (non-hydrogen) atoms. The van der Waals surface area contributed by atoms with E-state index >= 15 is 0 Å². The van der Waals surface area contributed by atoms with Crippen LogP contribution >= 0.6 is 0 Å². The molecule has 0 spiro atoms. The maximum Gasteiger partial charge on any atom is 0.0576 e. The molecule has 2 unspecified atom stereocenters. The van der Waals surface area contributed by atoms with Crippen LogP contribution in [0.3, 0.4) is 0 Å². The summed E-state index contributed by atoms with van der Waals surface area (Å²) in [5.74, 6) is 1.53. The molecule has 1 heterocycles. The van der Waals surface area contributed by atoms with Gasteiger partial charge in [-0.15, -0.1) is 0 Å². The van der Waals surface area contributed by atoms with Crippen molar-refractivity contribution in [1.82, 2.24) is 0 Å². The van der Waals surface area contributed by atoms with E-state index in [0.717, 1.165) is 31.8 Å². The number of rotatable bonds is 8. The lowest BCUT2D eigenvalue weighted by Gasteiger charge is -2.31. The summed E-state index contributed by atoms with van der Waals surface area (Å²) in [6.45, 7) is 3.23. The van der Waals surface area contributed by atoms with Crippen LogP contribution in [0, 0.1) is 11.8 Å². The van der Waals surface area contributed by atoms with Crippen molar-refractivity contribution < 1.29 is 9.84 Å². The predicted octanol–water partition coefficient (Wildman–Crippen LogP) is 4.69. The summed E-state index contributed by atoms with van der Waals surface area (Å²) in [7, 11) is 0. The Bertz CT molecular complexity index is 240. The first kappa shape index (κ1) is 16.3. The lowest BCUT2D eigenvalue weighted by Crippen LogP contribution is -2.26. The molecule has 2 heteroatoms. The summed E-state index contributed by atoms with van der Waals surface area (Å²) in [5.41, 5.74) is 0. The second kappa shape index (κ2) is 9.04. The Labute approximate surface area is 125 Å².